The molecule has 1 amide bonds. The molecule has 2 nitrogen and oxygen atoms in total. The lowest BCUT2D eigenvalue weighted by Crippen LogP contribution is -2.23. The molecule has 15 heavy (non-hydrogen) atoms. The third kappa shape index (κ3) is 3.65. The molecule has 0 heterocycles. The van der Waals surface area contributed by atoms with Gasteiger partial charge in [-0.05, 0) is 24.6 Å². The van der Waals surface area contributed by atoms with Crippen LogP contribution in [0.2, 0.25) is 0 Å². The lowest BCUT2D eigenvalue weighted by atomic mass is 10.1. The summed E-state index contributed by atoms with van der Waals surface area (Å²) >= 11 is 5.64. The van der Waals surface area contributed by atoms with E-state index in [1.54, 1.807) is 19.1 Å². The lowest BCUT2D eigenvalue weighted by molar-refractivity contribution is 0.0958. The molecule has 0 radical (unpaired) electrons. The zero-order valence-corrected chi connectivity index (χ0v) is 9.27. The highest BCUT2D eigenvalue weighted by Gasteiger charge is 2.02. The van der Waals surface area contributed by atoms with E-state index in [0.29, 0.717) is 18.0 Å². The molecule has 1 N–H and O–H groups in total. The second-order valence-corrected chi connectivity index (χ2v) is 3.21. The van der Waals surface area contributed by atoms with E-state index in [-0.39, 0.29) is 5.91 Å². The summed E-state index contributed by atoms with van der Waals surface area (Å²) in [5.74, 6) is 5.83. The summed E-state index contributed by atoms with van der Waals surface area (Å²) in [5.41, 5.74) is 1.63. The molecule has 0 unspecified atom stereocenters. The van der Waals surface area contributed by atoms with Crippen molar-refractivity contribution in [2.24, 2.45) is 0 Å². The van der Waals surface area contributed by atoms with Crippen molar-refractivity contribution in [3.8, 4) is 11.8 Å². The number of rotatable bonds is 3. The fourth-order valence-corrected chi connectivity index (χ4v) is 1.24. The van der Waals surface area contributed by atoms with Crippen molar-refractivity contribution in [1.82, 2.24) is 5.32 Å². The molecule has 1 rings (SSSR count). The summed E-state index contributed by atoms with van der Waals surface area (Å²) in [5, 5.41) is 2.69. The Morgan fingerprint density at radius 2 is 2.07 bits per heavy atom. The molecule has 0 atom stereocenters. The van der Waals surface area contributed by atoms with E-state index in [1.165, 1.54) is 0 Å². The Labute approximate surface area is 94.6 Å². The van der Waals surface area contributed by atoms with Gasteiger partial charge in [0, 0.05) is 11.4 Å². The molecule has 0 fully saturated rings. The number of hydrogen-bond donors (Lipinski definition) is 1. The molecular formula is C12H12ClNO. The van der Waals surface area contributed by atoms with Crippen LogP contribution in [0, 0.1) is 11.8 Å². The fraction of sp³-hybridized carbons (Fsp3) is 0.250. The molecule has 0 aliphatic rings. The maximum Gasteiger partial charge on any atom is 0.252 e. The summed E-state index contributed by atoms with van der Waals surface area (Å²) in [6.45, 7) is 2.12. The largest absolute Gasteiger partial charge is 0.341 e. The van der Waals surface area contributed by atoms with Gasteiger partial charge in [-0.2, -0.15) is 0 Å². The van der Waals surface area contributed by atoms with Gasteiger partial charge in [0.2, 0.25) is 0 Å². The predicted octanol–water partition coefficient (Wildman–Crippen LogP) is 2.18. The van der Waals surface area contributed by atoms with Crippen LogP contribution in [0.1, 0.15) is 22.8 Å². The second-order valence-electron chi connectivity index (χ2n) is 2.94. The zero-order valence-electron chi connectivity index (χ0n) is 8.51. The normalized spacial score (nSPS) is 8.93. The maximum atomic E-state index is 11.5. The van der Waals surface area contributed by atoms with Gasteiger partial charge in [-0.1, -0.05) is 18.1 Å². The van der Waals surface area contributed by atoms with E-state index < -0.39 is 0 Å². The molecule has 0 saturated heterocycles. The Morgan fingerprint density at radius 3 is 2.60 bits per heavy atom. The van der Waals surface area contributed by atoms with Gasteiger partial charge >= 0.3 is 0 Å². The first-order valence-electron chi connectivity index (χ1n) is 4.60. The van der Waals surface area contributed by atoms with Crippen LogP contribution in [0.25, 0.3) is 0 Å². The van der Waals surface area contributed by atoms with Gasteiger partial charge in [0.05, 0.1) is 6.54 Å². The van der Waals surface area contributed by atoms with Crippen LogP contribution in [0.15, 0.2) is 24.3 Å². The molecule has 78 valence electrons. The number of halogens is 1. The highest BCUT2D eigenvalue weighted by atomic mass is 35.5. The zero-order chi connectivity index (χ0) is 11.1. The van der Waals surface area contributed by atoms with Gasteiger partial charge in [-0.15, -0.1) is 17.5 Å². The van der Waals surface area contributed by atoms with Crippen LogP contribution in [0.3, 0.4) is 0 Å². The number of carbonyl (C=O) groups excluding carboxylic acids is 1. The molecular weight excluding hydrogens is 210 g/mol. The van der Waals surface area contributed by atoms with E-state index in [1.807, 2.05) is 12.1 Å². The van der Waals surface area contributed by atoms with Crippen LogP contribution in [-0.2, 0) is 5.88 Å². The second kappa shape index (κ2) is 6.10. The fourth-order valence-electron chi connectivity index (χ4n) is 1.06. The monoisotopic (exact) mass is 221 g/mol. The van der Waals surface area contributed by atoms with E-state index in [9.17, 15) is 4.79 Å². The average Bonchev–Trinajstić information content (AvgIpc) is 2.29. The highest BCUT2D eigenvalue weighted by Crippen LogP contribution is 2.06. The Hall–Kier alpha value is -1.46. The van der Waals surface area contributed by atoms with Crippen molar-refractivity contribution < 1.29 is 4.79 Å². The third-order valence-electron chi connectivity index (χ3n) is 1.88. The molecule has 0 bridgehead atoms. The van der Waals surface area contributed by atoms with Crippen molar-refractivity contribution in [3.05, 3.63) is 35.4 Å². The number of alkyl halides is 1. The molecule has 1 aromatic carbocycles. The predicted molar refractivity (Wildman–Crippen MR) is 61.8 cm³/mol. The minimum absolute atomic E-state index is 0.112. The highest BCUT2D eigenvalue weighted by molar-refractivity contribution is 6.17. The van der Waals surface area contributed by atoms with Crippen LogP contribution >= 0.6 is 11.6 Å². The maximum absolute atomic E-state index is 11.5. The number of hydrogen-bond acceptors (Lipinski definition) is 1. The minimum Gasteiger partial charge on any atom is -0.341 e. The first-order chi connectivity index (χ1) is 7.27. The van der Waals surface area contributed by atoms with E-state index in [4.69, 9.17) is 11.6 Å². The summed E-state index contributed by atoms with van der Waals surface area (Å²) < 4.78 is 0. The van der Waals surface area contributed by atoms with Crippen molar-refractivity contribution in [1.29, 1.82) is 0 Å². The lowest BCUT2D eigenvalue weighted by Gasteiger charge is -2.02. The van der Waals surface area contributed by atoms with E-state index in [0.717, 1.165) is 5.56 Å². The summed E-state index contributed by atoms with van der Waals surface area (Å²) in [4.78, 5) is 11.5. The summed E-state index contributed by atoms with van der Waals surface area (Å²) in [7, 11) is 0. The number of carbonyl (C=O) groups is 1. The van der Waals surface area contributed by atoms with Crippen LogP contribution < -0.4 is 5.32 Å². The average molecular weight is 222 g/mol. The van der Waals surface area contributed by atoms with Crippen LogP contribution in [0.5, 0.6) is 0 Å². The molecule has 1 aromatic rings. The number of amides is 1. The Bertz CT molecular complexity index is 386. The minimum atomic E-state index is -0.112. The number of benzene rings is 1. The molecule has 0 aliphatic heterocycles. The Kier molecular flexibility index (Phi) is 4.73. The van der Waals surface area contributed by atoms with Crippen molar-refractivity contribution in [2.75, 3.05) is 6.54 Å². The van der Waals surface area contributed by atoms with Gasteiger partial charge in [0.15, 0.2) is 0 Å². The van der Waals surface area contributed by atoms with Crippen molar-refractivity contribution in [3.63, 3.8) is 0 Å². The molecule has 0 saturated carbocycles. The molecule has 0 aliphatic carbocycles. The van der Waals surface area contributed by atoms with Crippen LogP contribution in [-0.4, -0.2) is 12.5 Å². The standard InChI is InChI=1S/C12H12ClNO/c1-2-3-8-14-12(15)11-6-4-10(9-13)5-7-11/h4-7H,8-9H2,1H3,(H,14,15). The van der Waals surface area contributed by atoms with Crippen molar-refractivity contribution in [2.45, 2.75) is 12.8 Å². The van der Waals surface area contributed by atoms with Gasteiger partial charge in [0.25, 0.3) is 5.91 Å². The smallest absolute Gasteiger partial charge is 0.252 e. The van der Waals surface area contributed by atoms with Gasteiger partial charge in [-0.25, -0.2) is 0 Å². The van der Waals surface area contributed by atoms with Gasteiger partial charge < -0.3 is 5.32 Å². The van der Waals surface area contributed by atoms with E-state index >= 15 is 0 Å². The SMILES string of the molecule is CC#CCNC(=O)c1ccc(CCl)cc1. The Morgan fingerprint density at radius 1 is 1.40 bits per heavy atom. The first-order valence-corrected chi connectivity index (χ1v) is 5.14. The summed E-state index contributed by atoms with van der Waals surface area (Å²) in [6.07, 6.45) is 0. The van der Waals surface area contributed by atoms with E-state index in [2.05, 4.69) is 17.2 Å². The topological polar surface area (TPSA) is 29.1 Å². The van der Waals surface area contributed by atoms with Gasteiger partial charge in [-0.3, -0.25) is 4.79 Å². The quantitative estimate of drug-likeness (QED) is 0.615. The number of nitrogens with one attached hydrogen (secondary N) is 1. The van der Waals surface area contributed by atoms with Crippen molar-refractivity contribution >= 4 is 17.5 Å². The van der Waals surface area contributed by atoms with Gasteiger partial charge in [0.1, 0.15) is 0 Å². The van der Waals surface area contributed by atoms with Crippen LogP contribution in [0.4, 0.5) is 0 Å². The molecule has 0 spiro atoms. The molecule has 0 aromatic heterocycles. The first kappa shape index (κ1) is 11.6. The molecule has 3 heteroatoms. The Balaban J connectivity index is 2.60. The third-order valence-corrected chi connectivity index (χ3v) is 2.19. The summed E-state index contributed by atoms with van der Waals surface area (Å²) in [6, 6.07) is 7.19.